The molecule has 0 aliphatic heterocycles. The standard InChI is InChI=1S/C18H12ClF3N2OS2/c19-12-7-5-11(6-8-12)15-9-26-17(24-15)27-10-16(25)23-14-4-2-1-3-13(14)18(20,21)22/h1-9H,10H2,(H,23,25). The number of hydrogen-bond acceptors (Lipinski definition) is 4. The first kappa shape index (κ1) is 19.7. The quantitative estimate of drug-likeness (QED) is 0.491. The summed E-state index contributed by atoms with van der Waals surface area (Å²) in [7, 11) is 0. The highest BCUT2D eigenvalue weighted by Crippen LogP contribution is 2.35. The molecule has 3 nitrogen and oxygen atoms in total. The minimum Gasteiger partial charge on any atom is -0.325 e. The van der Waals surface area contributed by atoms with Crippen LogP contribution in [0.2, 0.25) is 5.02 Å². The van der Waals surface area contributed by atoms with Crippen LogP contribution in [0.5, 0.6) is 0 Å². The summed E-state index contributed by atoms with van der Waals surface area (Å²) in [6.45, 7) is 0. The summed E-state index contributed by atoms with van der Waals surface area (Å²) >= 11 is 8.39. The largest absolute Gasteiger partial charge is 0.418 e. The number of nitrogens with one attached hydrogen (secondary N) is 1. The highest BCUT2D eigenvalue weighted by molar-refractivity contribution is 8.01. The first-order chi connectivity index (χ1) is 12.8. The average Bonchev–Trinajstić information content (AvgIpc) is 3.09. The maximum Gasteiger partial charge on any atom is 0.418 e. The smallest absolute Gasteiger partial charge is 0.325 e. The van der Waals surface area contributed by atoms with Crippen molar-refractivity contribution in [3.05, 3.63) is 64.5 Å². The number of benzene rings is 2. The second-order valence-electron chi connectivity index (χ2n) is 5.39. The van der Waals surface area contributed by atoms with E-state index in [1.54, 1.807) is 12.1 Å². The van der Waals surface area contributed by atoms with E-state index in [0.29, 0.717) is 9.36 Å². The van der Waals surface area contributed by atoms with Crippen molar-refractivity contribution in [2.45, 2.75) is 10.5 Å². The second-order valence-corrected chi connectivity index (χ2v) is 7.90. The van der Waals surface area contributed by atoms with Crippen LogP contribution in [-0.4, -0.2) is 16.6 Å². The molecule has 0 saturated carbocycles. The fourth-order valence-corrected chi connectivity index (χ4v) is 3.99. The molecule has 0 saturated heterocycles. The normalized spacial score (nSPS) is 11.4. The first-order valence-corrected chi connectivity index (χ1v) is 9.87. The Kier molecular flexibility index (Phi) is 6.08. The maximum atomic E-state index is 13.0. The molecule has 3 aromatic rings. The van der Waals surface area contributed by atoms with Crippen molar-refractivity contribution in [1.82, 2.24) is 4.98 Å². The number of nitrogens with zero attached hydrogens (tertiary/aromatic N) is 1. The fraction of sp³-hybridized carbons (Fsp3) is 0.111. The number of alkyl halides is 3. The summed E-state index contributed by atoms with van der Waals surface area (Å²) in [5.74, 6) is -0.570. The minimum absolute atomic E-state index is 0.0419. The highest BCUT2D eigenvalue weighted by Gasteiger charge is 2.33. The van der Waals surface area contributed by atoms with Gasteiger partial charge in [0.2, 0.25) is 5.91 Å². The third-order valence-electron chi connectivity index (χ3n) is 3.46. The monoisotopic (exact) mass is 428 g/mol. The molecule has 0 spiro atoms. The van der Waals surface area contributed by atoms with Gasteiger partial charge in [0, 0.05) is 16.0 Å². The Bertz CT molecular complexity index is 942. The number of carbonyl (C=O) groups excluding carboxylic acids is 1. The van der Waals surface area contributed by atoms with Crippen molar-refractivity contribution >= 4 is 46.3 Å². The summed E-state index contributed by atoms with van der Waals surface area (Å²) in [5, 5.41) is 4.79. The van der Waals surface area contributed by atoms with Crippen LogP contribution in [0, 0.1) is 0 Å². The van der Waals surface area contributed by atoms with Gasteiger partial charge < -0.3 is 5.32 Å². The predicted molar refractivity (Wildman–Crippen MR) is 103 cm³/mol. The Balaban J connectivity index is 1.61. The van der Waals surface area contributed by atoms with Crippen LogP contribution in [0.15, 0.2) is 58.3 Å². The number of thioether (sulfide) groups is 1. The van der Waals surface area contributed by atoms with Crippen molar-refractivity contribution in [2.24, 2.45) is 0 Å². The molecule has 0 unspecified atom stereocenters. The van der Waals surface area contributed by atoms with E-state index in [1.165, 1.54) is 41.3 Å². The average molecular weight is 429 g/mol. The molecule has 3 rings (SSSR count). The molecule has 2 aromatic carbocycles. The molecular weight excluding hydrogens is 417 g/mol. The van der Waals surface area contributed by atoms with Crippen LogP contribution in [0.25, 0.3) is 11.3 Å². The number of thiazole rings is 1. The molecule has 0 fully saturated rings. The van der Waals surface area contributed by atoms with Crippen LogP contribution < -0.4 is 5.32 Å². The number of rotatable bonds is 5. The van der Waals surface area contributed by atoms with E-state index in [4.69, 9.17) is 11.6 Å². The molecule has 140 valence electrons. The van der Waals surface area contributed by atoms with Gasteiger partial charge in [0.25, 0.3) is 0 Å². The van der Waals surface area contributed by atoms with Crippen molar-refractivity contribution in [3.63, 3.8) is 0 Å². The van der Waals surface area contributed by atoms with E-state index < -0.39 is 17.6 Å². The lowest BCUT2D eigenvalue weighted by Crippen LogP contribution is -2.18. The zero-order valence-electron chi connectivity index (χ0n) is 13.6. The topological polar surface area (TPSA) is 42.0 Å². The van der Waals surface area contributed by atoms with Crippen molar-refractivity contribution in [2.75, 3.05) is 11.1 Å². The van der Waals surface area contributed by atoms with Gasteiger partial charge in [-0.05, 0) is 24.3 Å². The van der Waals surface area contributed by atoms with Crippen LogP contribution >= 0.6 is 34.7 Å². The molecule has 0 aliphatic rings. The van der Waals surface area contributed by atoms with E-state index in [1.807, 2.05) is 17.5 Å². The molecule has 0 radical (unpaired) electrons. The molecule has 1 N–H and O–H groups in total. The molecule has 0 bridgehead atoms. The third-order valence-corrected chi connectivity index (χ3v) is 5.73. The van der Waals surface area contributed by atoms with Gasteiger partial charge in [0.1, 0.15) is 0 Å². The van der Waals surface area contributed by atoms with Crippen molar-refractivity contribution in [1.29, 1.82) is 0 Å². The molecule has 9 heteroatoms. The van der Waals surface area contributed by atoms with Gasteiger partial charge in [0.15, 0.2) is 4.34 Å². The SMILES string of the molecule is O=C(CSc1nc(-c2ccc(Cl)cc2)cs1)Nc1ccccc1C(F)(F)F. The van der Waals surface area contributed by atoms with Gasteiger partial charge in [-0.25, -0.2) is 4.98 Å². The molecule has 0 atom stereocenters. The van der Waals surface area contributed by atoms with Crippen LogP contribution in [0.3, 0.4) is 0 Å². The van der Waals surface area contributed by atoms with Gasteiger partial charge in [-0.2, -0.15) is 13.2 Å². The van der Waals surface area contributed by atoms with Gasteiger partial charge in [-0.3, -0.25) is 4.79 Å². The Morgan fingerprint density at radius 2 is 1.85 bits per heavy atom. The summed E-state index contributed by atoms with van der Waals surface area (Å²) in [5.41, 5.74) is 0.521. The Hall–Kier alpha value is -2.03. The summed E-state index contributed by atoms with van der Waals surface area (Å²) in [6, 6.07) is 12.1. The van der Waals surface area contributed by atoms with E-state index in [2.05, 4.69) is 10.3 Å². The Morgan fingerprint density at radius 3 is 2.56 bits per heavy atom. The summed E-state index contributed by atoms with van der Waals surface area (Å²) in [4.78, 5) is 16.5. The number of aromatic nitrogens is 1. The Morgan fingerprint density at radius 1 is 1.15 bits per heavy atom. The lowest BCUT2D eigenvalue weighted by Gasteiger charge is -2.13. The molecule has 1 amide bonds. The van der Waals surface area contributed by atoms with E-state index in [-0.39, 0.29) is 11.4 Å². The van der Waals surface area contributed by atoms with E-state index in [9.17, 15) is 18.0 Å². The molecule has 27 heavy (non-hydrogen) atoms. The molecule has 0 aliphatic carbocycles. The Labute approximate surface area is 166 Å². The lowest BCUT2D eigenvalue weighted by molar-refractivity contribution is -0.137. The predicted octanol–water partition coefficient (Wildman–Crippen LogP) is 6.21. The van der Waals surface area contributed by atoms with E-state index in [0.717, 1.165) is 17.3 Å². The summed E-state index contributed by atoms with van der Waals surface area (Å²) in [6.07, 6.45) is -4.53. The number of anilines is 1. The van der Waals surface area contributed by atoms with Crippen LogP contribution in [0.4, 0.5) is 18.9 Å². The van der Waals surface area contributed by atoms with Gasteiger partial charge in [-0.15, -0.1) is 11.3 Å². The highest BCUT2D eigenvalue weighted by atomic mass is 35.5. The minimum atomic E-state index is -4.53. The van der Waals surface area contributed by atoms with E-state index >= 15 is 0 Å². The summed E-state index contributed by atoms with van der Waals surface area (Å²) < 4.78 is 39.5. The number of amides is 1. The first-order valence-electron chi connectivity index (χ1n) is 7.63. The number of carbonyl (C=O) groups is 1. The fourth-order valence-electron chi connectivity index (χ4n) is 2.23. The zero-order chi connectivity index (χ0) is 19.4. The van der Waals surface area contributed by atoms with Crippen molar-refractivity contribution in [3.8, 4) is 11.3 Å². The molecule has 1 aromatic heterocycles. The van der Waals surface area contributed by atoms with Gasteiger partial charge >= 0.3 is 6.18 Å². The maximum absolute atomic E-state index is 13.0. The van der Waals surface area contributed by atoms with Gasteiger partial charge in [0.05, 0.1) is 22.7 Å². The second kappa shape index (κ2) is 8.33. The third kappa shape index (κ3) is 5.24. The molecule has 1 heterocycles. The zero-order valence-corrected chi connectivity index (χ0v) is 16.0. The number of hydrogen-bond donors (Lipinski definition) is 1. The number of para-hydroxylation sites is 1. The van der Waals surface area contributed by atoms with Crippen molar-refractivity contribution < 1.29 is 18.0 Å². The van der Waals surface area contributed by atoms with Crippen LogP contribution in [0.1, 0.15) is 5.56 Å². The van der Waals surface area contributed by atoms with Gasteiger partial charge in [-0.1, -0.05) is 47.6 Å². The molecular formula is C18H12ClF3N2OS2. The lowest BCUT2D eigenvalue weighted by atomic mass is 10.1. The van der Waals surface area contributed by atoms with Crippen LogP contribution in [-0.2, 0) is 11.0 Å². The number of halogens is 4.